The van der Waals surface area contributed by atoms with E-state index in [2.05, 4.69) is 36.2 Å². The SMILES string of the molecule is CC1(c2ccccc2)OC=NC1c1ccccc1. The van der Waals surface area contributed by atoms with E-state index in [1.807, 2.05) is 36.4 Å². The highest BCUT2D eigenvalue weighted by Gasteiger charge is 2.41. The molecule has 18 heavy (non-hydrogen) atoms. The van der Waals surface area contributed by atoms with Gasteiger partial charge in [0.25, 0.3) is 0 Å². The van der Waals surface area contributed by atoms with Crippen LogP contribution in [-0.2, 0) is 10.3 Å². The summed E-state index contributed by atoms with van der Waals surface area (Å²) in [5, 5.41) is 0. The number of aliphatic imine (C=N–C) groups is 1. The summed E-state index contributed by atoms with van der Waals surface area (Å²) < 4.78 is 5.80. The van der Waals surface area contributed by atoms with Gasteiger partial charge in [-0.1, -0.05) is 60.7 Å². The zero-order chi connectivity index (χ0) is 12.4. The van der Waals surface area contributed by atoms with Crippen LogP contribution in [0.2, 0.25) is 0 Å². The van der Waals surface area contributed by atoms with Crippen LogP contribution in [0.1, 0.15) is 24.1 Å². The number of benzene rings is 2. The molecule has 2 heteroatoms. The van der Waals surface area contributed by atoms with Crippen molar-refractivity contribution in [3.8, 4) is 0 Å². The van der Waals surface area contributed by atoms with Crippen molar-refractivity contribution in [2.24, 2.45) is 4.99 Å². The smallest absolute Gasteiger partial charge is 0.171 e. The van der Waals surface area contributed by atoms with Gasteiger partial charge in [-0.15, -0.1) is 0 Å². The standard InChI is InChI=1S/C16H15NO/c1-16(14-10-6-3-7-11-14)15(17-12-18-16)13-8-4-2-5-9-13/h2-12,15H,1H3. The first-order valence-electron chi connectivity index (χ1n) is 6.10. The topological polar surface area (TPSA) is 21.6 Å². The highest BCUT2D eigenvalue weighted by Crippen LogP contribution is 2.43. The van der Waals surface area contributed by atoms with Gasteiger partial charge < -0.3 is 4.74 Å². The van der Waals surface area contributed by atoms with Gasteiger partial charge in [0.15, 0.2) is 12.0 Å². The van der Waals surface area contributed by atoms with Crippen molar-refractivity contribution in [2.75, 3.05) is 0 Å². The predicted molar refractivity (Wildman–Crippen MR) is 72.6 cm³/mol. The second-order valence-electron chi connectivity index (χ2n) is 4.66. The minimum absolute atomic E-state index is 0.0149. The molecule has 1 aliphatic heterocycles. The molecule has 0 spiro atoms. The Kier molecular flexibility index (Phi) is 2.63. The Bertz CT molecular complexity index is 550. The van der Waals surface area contributed by atoms with Gasteiger partial charge in [0, 0.05) is 0 Å². The van der Waals surface area contributed by atoms with E-state index in [0.717, 1.165) is 5.56 Å². The summed E-state index contributed by atoms with van der Waals surface area (Å²) in [5.74, 6) is 0. The van der Waals surface area contributed by atoms with E-state index in [-0.39, 0.29) is 6.04 Å². The Labute approximate surface area is 107 Å². The van der Waals surface area contributed by atoms with E-state index in [9.17, 15) is 0 Å². The summed E-state index contributed by atoms with van der Waals surface area (Å²) in [5.41, 5.74) is 1.91. The van der Waals surface area contributed by atoms with Crippen LogP contribution in [-0.4, -0.2) is 6.40 Å². The van der Waals surface area contributed by atoms with Gasteiger partial charge in [-0.3, -0.25) is 0 Å². The molecule has 0 saturated heterocycles. The molecular weight excluding hydrogens is 222 g/mol. The van der Waals surface area contributed by atoms with Crippen molar-refractivity contribution in [1.29, 1.82) is 0 Å². The summed E-state index contributed by atoms with van der Waals surface area (Å²) in [6.45, 7) is 2.09. The van der Waals surface area contributed by atoms with Gasteiger partial charge in [-0.25, -0.2) is 4.99 Å². The summed E-state index contributed by atoms with van der Waals surface area (Å²) in [6, 6.07) is 20.5. The van der Waals surface area contributed by atoms with Crippen LogP contribution in [0.3, 0.4) is 0 Å². The van der Waals surface area contributed by atoms with Gasteiger partial charge in [-0.05, 0) is 18.1 Å². The third-order valence-electron chi connectivity index (χ3n) is 3.49. The van der Waals surface area contributed by atoms with Crippen LogP contribution < -0.4 is 0 Å². The molecule has 2 aromatic rings. The average molecular weight is 237 g/mol. The van der Waals surface area contributed by atoms with Crippen LogP contribution in [0, 0.1) is 0 Å². The van der Waals surface area contributed by atoms with E-state index >= 15 is 0 Å². The Morgan fingerprint density at radius 3 is 2.22 bits per heavy atom. The van der Waals surface area contributed by atoms with Crippen molar-refractivity contribution in [2.45, 2.75) is 18.6 Å². The van der Waals surface area contributed by atoms with Crippen LogP contribution >= 0.6 is 0 Å². The molecule has 3 rings (SSSR count). The lowest BCUT2D eigenvalue weighted by molar-refractivity contribution is 0.0797. The predicted octanol–water partition coefficient (Wildman–Crippen LogP) is 3.70. The molecule has 2 aromatic carbocycles. The first-order chi connectivity index (χ1) is 8.81. The van der Waals surface area contributed by atoms with Gasteiger partial charge in [0.05, 0.1) is 0 Å². The van der Waals surface area contributed by atoms with E-state index in [0.29, 0.717) is 0 Å². The largest absolute Gasteiger partial charge is 0.470 e. The molecular formula is C16H15NO. The maximum atomic E-state index is 5.80. The Morgan fingerprint density at radius 2 is 1.56 bits per heavy atom. The minimum Gasteiger partial charge on any atom is -0.470 e. The van der Waals surface area contributed by atoms with Crippen LogP contribution in [0.5, 0.6) is 0 Å². The van der Waals surface area contributed by atoms with E-state index in [1.165, 1.54) is 5.56 Å². The normalized spacial score (nSPS) is 25.9. The van der Waals surface area contributed by atoms with Gasteiger partial charge in [-0.2, -0.15) is 0 Å². The fourth-order valence-corrected chi connectivity index (χ4v) is 2.44. The fraction of sp³-hybridized carbons (Fsp3) is 0.188. The van der Waals surface area contributed by atoms with Crippen molar-refractivity contribution in [3.05, 3.63) is 71.8 Å². The third-order valence-corrected chi connectivity index (χ3v) is 3.49. The number of nitrogens with zero attached hydrogens (tertiary/aromatic N) is 1. The number of ether oxygens (including phenoxy) is 1. The Morgan fingerprint density at radius 1 is 0.944 bits per heavy atom. The van der Waals surface area contributed by atoms with E-state index in [1.54, 1.807) is 6.40 Å². The number of hydrogen-bond donors (Lipinski definition) is 0. The van der Waals surface area contributed by atoms with Crippen molar-refractivity contribution >= 4 is 6.40 Å². The summed E-state index contributed by atoms with van der Waals surface area (Å²) >= 11 is 0. The molecule has 90 valence electrons. The van der Waals surface area contributed by atoms with E-state index in [4.69, 9.17) is 4.74 Å². The highest BCUT2D eigenvalue weighted by atomic mass is 16.5. The van der Waals surface area contributed by atoms with Crippen LogP contribution in [0.4, 0.5) is 0 Å². The van der Waals surface area contributed by atoms with Gasteiger partial charge in [0.1, 0.15) is 6.04 Å². The summed E-state index contributed by atoms with van der Waals surface area (Å²) in [7, 11) is 0. The lowest BCUT2D eigenvalue weighted by Gasteiger charge is -2.29. The van der Waals surface area contributed by atoms with Crippen molar-refractivity contribution in [3.63, 3.8) is 0 Å². The maximum Gasteiger partial charge on any atom is 0.171 e. The first-order valence-corrected chi connectivity index (χ1v) is 6.10. The van der Waals surface area contributed by atoms with Crippen molar-refractivity contribution in [1.82, 2.24) is 0 Å². The molecule has 0 amide bonds. The fourth-order valence-electron chi connectivity index (χ4n) is 2.44. The van der Waals surface area contributed by atoms with Gasteiger partial charge >= 0.3 is 0 Å². The molecule has 0 radical (unpaired) electrons. The van der Waals surface area contributed by atoms with Crippen LogP contribution in [0.15, 0.2) is 65.7 Å². The molecule has 0 N–H and O–H groups in total. The second kappa shape index (κ2) is 4.30. The molecule has 2 nitrogen and oxygen atoms in total. The molecule has 1 aliphatic rings. The first kappa shape index (κ1) is 11.0. The van der Waals surface area contributed by atoms with Crippen LogP contribution in [0.25, 0.3) is 0 Å². The molecule has 1 heterocycles. The number of hydrogen-bond acceptors (Lipinski definition) is 2. The highest BCUT2D eigenvalue weighted by molar-refractivity contribution is 5.54. The summed E-state index contributed by atoms with van der Waals surface area (Å²) in [4.78, 5) is 4.49. The Balaban J connectivity index is 2.03. The molecule has 0 bridgehead atoms. The lowest BCUT2D eigenvalue weighted by atomic mass is 9.85. The molecule has 0 fully saturated rings. The number of rotatable bonds is 2. The van der Waals surface area contributed by atoms with Gasteiger partial charge in [0.2, 0.25) is 0 Å². The zero-order valence-corrected chi connectivity index (χ0v) is 10.3. The Hall–Kier alpha value is -2.09. The molecule has 2 atom stereocenters. The van der Waals surface area contributed by atoms with E-state index < -0.39 is 5.60 Å². The quantitative estimate of drug-likeness (QED) is 0.780. The third kappa shape index (κ3) is 1.70. The average Bonchev–Trinajstić information content (AvgIpc) is 2.84. The molecule has 0 aliphatic carbocycles. The molecule has 0 saturated carbocycles. The minimum atomic E-state index is -0.414. The second-order valence-corrected chi connectivity index (χ2v) is 4.66. The van der Waals surface area contributed by atoms with Crippen molar-refractivity contribution < 1.29 is 4.74 Å². The monoisotopic (exact) mass is 237 g/mol. The molecule has 2 unspecified atom stereocenters. The lowest BCUT2D eigenvalue weighted by Crippen LogP contribution is -2.28. The zero-order valence-electron chi connectivity index (χ0n) is 10.3. The maximum absolute atomic E-state index is 5.80. The summed E-state index contributed by atoms with van der Waals surface area (Å²) in [6.07, 6.45) is 1.57. The molecule has 0 aromatic heterocycles.